The van der Waals surface area contributed by atoms with Crippen LogP contribution in [0.25, 0.3) is 11.0 Å². The average molecular weight is 289 g/mol. The molecule has 4 nitrogen and oxygen atoms in total. The molecule has 0 saturated carbocycles. The Labute approximate surface area is 125 Å². The van der Waals surface area contributed by atoms with E-state index < -0.39 is 0 Å². The Balaban J connectivity index is 1.29. The van der Waals surface area contributed by atoms with Crippen molar-refractivity contribution in [3.05, 3.63) is 36.1 Å². The lowest BCUT2D eigenvalue weighted by Gasteiger charge is -2.10. The molecule has 3 rings (SSSR count). The third-order valence-corrected chi connectivity index (χ3v) is 3.85. The molecule has 2 heterocycles. The monoisotopic (exact) mass is 289 g/mol. The molecule has 1 atom stereocenters. The number of benzene rings is 1. The van der Waals surface area contributed by atoms with Crippen LogP contribution in [0.3, 0.4) is 0 Å². The fraction of sp³-hybridized carbons (Fsp3) is 0.529. The van der Waals surface area contributed by atoms with E-state index in [9.17, 15) is 0 Å². The number of hydrogen-bond acceptors (Lipinski definition) is 4. The summed E-state index contributed by atoms with van der Waals surface area (Å²) in [5, 5.41) is 4.63. The highest BCUT2D eigenvalue weighted by molar-refractivity contribution is 5.80. The lowest BCUT2D eigenvalue weighted by atomic mass is 10.2. The summed E-state index contributed by atoms with van der Waals surface area (Å²) in [4.78, 5) is 0. The highest BCUT2D eigenvalue weighted by Gasteiger charge is 2.14. The summed E-state index contributed by atoms with van der Waals surface area (Å²) in [7, 11) is 0. The van der Waals surface area contributed by atoms with E-state index in [0.29, 0.717) is 6.10 Å². The summed E-state index contributed by atoms with van der Waals surface area (Å²) in [6.07, 6.45) is 5.50. The zero-order valence-electron chi connectivity index (χ0n) is 12.3. The lowest BCUT2D eigenvalue weighted by Crippen LogP contribution is -2.18. The highest BCUT2D eigenvalue weighted by atomic mass is 16.5. The van der Waals surface area contributed by atoms with Gasteiger partial charge in [0, 0.05) is 30.7 Å². The summed E-state index contributed by atoms with van der Waals surface area (Å²) in [5.41, 5.74) is 2.17. The Morgan fingerprint density at radius 2 is 2.24 bits per heavy atom. The SMILES string of the molecule is c1ccc2c(CNCCCOCC3CCCO3)coc2c1. The van der Waals surface area contributed by atoms with Crippen LogP contribution < -0.4 is 5.32 Å². The van der Waals surface area contributed by atoms with Gasteiger partial charge in [0.2, 0.25) is 0 Å². The number of nitrogens with one attached hydrogen (secondary N) is 1. The van der Waals surface area contributed by atoms with Gasteiger partial charge in [0.1, 0.15) is 5.58 Å². The first-order chi connectivity index (χ1) is 10.4. The molecule has 114 valence electrons. The van der Waals surface area contributed by atoms with Crippen LogP contribution in [0.2, 0.25) is 0 Å². The molecule has 1 unspecified atom stereocenters. The van der Waals surface area contributed by atoms with Gasteiger partial charge >= 0.3 is 0 Å². The van der Waals surface area contributed by atoms with E-state index in [2.05, 4.69) is 11.4 Å². The van der Waals surface area contributed by atoms with Gasteiger partial charge in [-0.25, -0.2) is 0 Å². The lowest BCUT2D eigenvalue weighted by molar-refractivity contribution is 0.0166. The van der Waals surface area contributed by atoms with Crippen molar-refractivity contribution in [3.63, 3.8) is 0 Å². The molecular weight excluding hydrogens is 266 g/mol. The molecule has 1 aliphatic heterocycles. The molecule has 2 aromatic rings. The first kappa shape index (κ1) is 14.6. The Hall–Kier alpha value is -1.36. The predicted octanol–water partition coefficient (Wildman–Crippen LogP) is 3.11. The number of ether oxygens (including phenoxy) is 2. The molecule has 0 bridgehead atoms. The first-order valence-electron chi connectivity index (χ1n) is 7.78. The Kier molecular flexibility index (Phi) is 5.27. The van der Waals surface area contributed by atoms with E-state index in [1.165, 1.54) is 17.4 Å². The minimum atomic E-state index is 0.329. The maximum absolute atomic E-state index is 5.64. The van der Waals surface area contributed by atoms with Crippen molar-refractivity contribution in [2.75, 3.05) is 26.4 Å². The molecule has 4 heteroatoms. The number of hydrogen-bond donors (Lipinski definition) is 1. The van der Waals surface area contributed by atoms with Crippen LogP contribution in [0.1, 0.15) is 24.8 Å². The summed E-state index contributed by atoms with van der Waals surface area (Å²) in [5.74, 6) is 0. The van der Waals surface area contributed by atoms with E-state index in [4.69, 9.17) is 13.9 Å². The third-order valence-electron chi connectivity index (χ3n) is 3.85. The number of para-hydroxylation sites is 1. The van der Waals surface area contributed by atoms with E-state index in [-0.39, 0.29) is 0 Å². The fourth-order valence-corrected chi connectivity index (χ4v) is 2.68. The molecule has 0 spiro atoms. The summed E-state index contributed by atoms with van der Waals surface area (Å²) < 4.78 is 16.7. The molecule has 0 radical (unpaired) electrons. The molecule has 0 aliphatic carbocycles. The Morgan fingerprint density at radius 3 is 3.14 bits per heavy atom. The van der Waals surface area contributed by atoms with Crippen LogP contribution in [-0.4, -0.2) is 32.5 Å². The summed E-state index contributed by atoms with van der Waals surface area (Å²) in [6, 6.07) is 8.13. The van der Waals surface area contributed by atoms with Gasteiger partial charge in [-0.15, -0.1) is 0 Å². The summed E-state index contributed by atoms with van der Waals surface area (Å²) in [6.45, 7) is 4.22. The quantitative estimate of drug-likeness (QED) is 0.758. The second-order valence-corrected chi connectivity index (χ2v) is 5.50. The molecule has 1 aromatic carbocycles. The zero-order valence-corrected chi connectivity index (χ0v) is 12.3. The van der Waals surface area contributed by atoms with Gasteiger partial charge in [0.15, 0.2) is 0 Å². The van der Waals surface area contributed by atoms with Crippen molar-refractivity contribution in [3.8, 4) is 0 Å². The second-order valence-electron chi connectivity index (χ2n) is 5.50. The van der Waals surface area contributed by atoms with Crippen LogP contribution in [0.4, 0.5) is 0 Å². The van der Waals surface area contributed by atoms with Crippen molar-refractivity contribution in [1.29, 1.82) is 0 Å². The molecule has 1 saturated heterocycles. The average Bonchev–Trinajstić information content (AvgIpc) is 3.16. The van der Waals surface area contributed by atoms with Gasteiger partial charge in [-0.1, -0.05) is 18.2 Å². The Bertz CT molecular complexity index is 546. The van der Waals surface area contributed by atoms with Gasteiger partial charge in [-0.3, -0.25) is 0 Å². The minimum Gasteiger partial charge on any atom is -0.464 e. The number of fused-ring (bicyclic) bond motifs is 1. The van der Waals surface area contributed by atoms with Gasteiger partial charge in [0.05, 0.1) is 19.0 Å². The zero-order chi connectivity index (χ0) is 14.3. The minimum absolute atomic E-state index is 0.329. The van der Waals surface area contributed by atoms with Crippen molar-refractivity contribution < 1.29 is 13.9 Å². The summed E-state index contributed by atoms with van der Waals surface area (Å²) >= 11 is 0. The van der Waals surface area contributed by atoms with Crippen LogP contribution >= 0.6 is 0 Å². The molecule has 1 N–H and O–H groups in total. The van der Waals surface area contributed by atoms with Crippen molar-refractivity contribution in [2.45, 2.75) is 31.9 Å². The van der Waals surface area contributed by atoms with E-state index in [0.717, 1.165) is 51.3 Å². The molecule has 21 heavy (non-hydrogen) atoms. The topological polar surface area (TPSA) is 43.6 Å². The molecule has 1 aromatic heterocycles. The second kappa shape index (κ2) is 7.59. The molecule has 1 fully saturated rings. The fourth-order valence-electron chi connectivity index (χ4n) is 2.68. The standard InChI is InChI=1S/C17H23NO3/c1-2-7-17-16(6-1)14(12-21-17)11-18-8-4-9-19-13-15-5-3-10-20-15/h1-2,6-7,12,15,18H,3-5,8-11,13H2. The predicted molar refractivity (Wildman–Crippen MR) is 82.3 cm³/mol. The van der Waals surface area contributed by atoms with Crippen molar-refractivity contribution in [1.82, 2.24) is 5.32 Å². The molecular formula is C17H23NO3. The molecule has 0 amide bonds. The van der Waals surface area contributed by atoms with E-state index in [1.807, 2.05) is 24.5 Å². The van der Waals surface area contributed by atoms with E-state index >= 15 is 0 Å². The van der Waals surface area contributed by atoms with Crippen LogP contribution in [0, 0.1) is 0 Å². The van der Waals surface area contributed by atoms with Gasteiger partial charge in [-0.2, -0.15) is 0 Å². The Morgan fingerprint density at radius 1 is 1.29 bits per heavy atom. The van der Waals surface area contributed by atoms with Crippen LogP contribution in [-0.2, 0) is 16.0 Å². The van der Waals surface area contributed by atoms with Crippen molar-refractivity contribution in [2.24, 2.45) is 0 Å². The first-order valence-corrected chi connectivity index (χ1v) is 7.78. The maximum Gasteiger partial charge on any atom is 0.134 e. The van der Waals surface area contributed by atoms with Crippen molar-refractivity contribution >= 4 is 11.0 Å². The highest BCUT2D eigenvalue weighted by Crippen LogP contribution is 2.20. The van der Waals surface area contributed by atoms with Gasteiger partial charge in [0.25, 0.3) is 0 Å². The van der Waals surface area contributed by atoms with Crippen LogP contribution in [0.15, 0.2) is 34.9 Å². The number of rotatable bonds is 8. The molecule has 1 aliphatic rings. The smallest absolute Gasteiger partial charge is 0.134 e. The number of furan rings is 1. The maximum atomic E-state index is 5.64. The third kappa shape index (κ3) is 4.06. The van der Waals surface area contributed by atoms with E-state index in [1.54, 1.807) is 0 Å². The van der Waals surface area contributed by atoms with Crippen LogP contribution in [0.5, 0.6) is 0 Å². The van der Waals surface area contributed by atoms with Gasteiger partial charge < -0.3 is 19.2 Å². The largest absolute Gasteiger partial charge is 0.464 e. The van der Waals surface area contributed by atoms with Gasteiger partial charge in [-0.05, 0) is 31.9 Å². The normalized spacial score (nSPS) is 18.6.